The van der Waals surface area contributed by atoms with Crippen LogP contribution < -0.4 is 16.4 Å². The number of carbonyl (C=O) groups is 4. The maximum atomic E-state index is 13.9. The normalized spacial score (nSPS) is 16.8. The molecule has 13 nitrogen and oxygen atoms in total. The van der Waals surface area contributed by atoms with Crippen LogP contribution >= 0.6 is 11.3 Å². The topological polar surface area (TPSA) is 176 Å². The summed E-state index contributed by atoms with van der Waals surface area (Å²) in [6.45, 7) is 15.2. The van der Waals surface area contributed by atoms with Crippen molar-refractivity contribution in [2.24, 2.45) is 11.1 Å². The van der Waals surface area contributed by atoms with E-state index in [1.54, 1.807) is 16.2 Å². The van der Waals surface area contributed by atoms with Gasteiger partial charge < -0.3 is 40.7 Å². The van der Waals surface area contributed by atoms with Crippen molar-refractivity contribution in [2.75, 3.05) is 39.4 Å². The summed E-state index contributed by atoms with van der Waals surface area (Å²) >= 11 is 1.58. The molecule has 1 aliphatic heterocycles. The van der Waals surface area contributed by atoms with Crippen LogP contribution in [0.4, 0.5) is 4.79 Å². The fourth-order valence-electron chi connectivity index (χ4n) is 5.76. The van der Waals surface area contributed by atoms with Gasteiger partial charge in [0.1, 0.15) is 17.7 Å². The first-order chi connectivity index (χ1) is 24.0. The largest absolute Gasteiger partial charge is 0.444 e. The van der Waals surface area contributed by atoms with Crippen LogP contribution in [0.15, 0.2) is 29.8 Å². The third kappa shape index (κ3) is 13.5. The fourth-order valence-corrected chi connectivity index (χ4v) is 6.57. The van der Waals surface area contributed by atoms with Gasteiger partial charge in [0.2, 0.25) is 17.7 Å². The molecule has 284 valence electrons. The molecule has 1 aliphatic rings. The molecule has 5 N–H and O–H groups in total. The van der Waals surface area contributed by atoms with Gasteiger partial charge in [-0.2, -0.15) is 0 Å². The number of nitrogens with zero attached hydrogens (tertiary/aromatic N) is 3. The molecule has 1 aromatic heterocycles. The number of nitrogens with two attached hydrogens (primary N) is 1. The summed E-state index contributed by atoms with van der Waals surface area (Å²) in [5, 5.41) is 16.4. The highest BCUT2D eigenvalue weighted by atomic mass is 32.1. The molecule has 1 saturated heterocycles. The summed E-state index contributed by atoms with van der Waals surface area (Å²) in [5.41, 5.74) is 8.95. The maximum Gasteiger partial charge on any atom is 0.410 e. The van der Waals surface area contributed by atoms with Crippen molar-refractivity contribution in [1.82, 2.24) is 25.4 Å². The summed E-state index contributed by atoms with van der Waals surface area (Å²) in [5.74, 6) is -1.03. The van der Waals surface area contributed by atoms with E-state index in [0.717, 1.165) is 21.7 Å². The Morgan fingerprint density at radius 3 is 2.37 bits per heavy atom. The molecule has 0 unspecified atom stereocenters. The molecule has 0 radical (unpaired) electrons. The molecule has 51 heavy (non-hydrogen) atoms. The first-order valence-electron chi connectivity index (χ1n) is 17.8. The van der Waals surface area contributed by atoms with Crippen LogP contribution in [0.25, 0.3) is 10.4 Å². The summed E-state index contributed by atoms with van der Waals surface area (Å²) in [7, 11) is 0. The average molecular weight is 731 g/mol. The number of hydrogen-bond acceptors (Lipinski definition) is 10. The second-order valence-corrected chi connectivity index (χ2v) is 16.0. The number of aryl methyl sites for hydroxylation is 1. The minimum Gasteiger partial charge on any atom is -0.444 e. The van der Waals surface area contributed by atoms with E-state index in [1.165, 1.54) is 4.90 Å². The lowest BCUT2D eigenvalue weighted by molar-refractivity contribution is -0.144. The Labute approximate surface area is 306 Å². The number of unbranched alkanes of at least 4 members (excludes halogenated alkanes) is 2. The second kappa shape index (κ2) is 19.3. The molecular weight excluding hydrogens is 673 g/mol. The van der Waals surface area contributed by atoms with Crippen LogP contribution in [0.5, 0.6) is 0 Å². The van der Waals surface area contributed by atoms with Crippen molar-refractivity contribution < 1.29 is 33.8 Å². The van der Waals surface area contributed by atoms with Crippen molar-refractivity contribution in [2.45, 2.75) is 111 Å². The van der Waals surface area contributed by atoms with Crippen LogP contribution in [-0.2, 0) is 30.4 Å². The summed E-state index contributed by atoms with van der Waals surface area (Å²) in [4.78, 5) is 61.5. The van der Waals surface area contributed by atoms with E-state index < -0.39 is 41.2 Å². The van der Waals surface area contributed by atoms with Gasteiger partial charge in [0.15, 0.2) is 0 Å². The number of aliphatic hydroxyl groups excluding tert-OH is 1. The van der Waals surface area contributed by atoms with Crippen molar-refractivity contribution in [1.29, 1.82) is 0 Å². The van der Waals surface area contributed by atoms with E-state index in [4.69, 9.17) is 15.2 Å². The number of likely N-dealkylation sites (tertiary alicyclic amines) is 1. The van der Waals surface area contributed by atoms with Crippen LogP contribution in [0.1, 0.15) is 84.9 Å². The van der Waals surface area contributed by atoms with Crippen LogP contribution in [-0.4, -0.2) is 107 Å². The highest BCUT2D eigenvalue weighted by Gasteiger charge is 2.44. The number of aliphatic hydroxyl groups is 1. The molecule has 4 amide bonds. The van der Waals surface area contributed by atoms with Crippen LogP contribution in [0.2, 0.25) is 0 Å². The van der Waals surface area contributed by atoms with E-state index in [1.807, 2.05) is 78.2 Å². The molecule has 1 fully saturated rings. The molecular formula is C37H58N6O7S. The lowest BCUT2D eigenvalue weighted by atomic mass is 9.85. The highest BCUT2D eigenvalue weighted by Crippen LogP contribution is 2.28. The van der Waals surface area contributed by atoms with Gasteiger partial charge >= 0.3 is 6.09 Å². The number of benzene rings is 1. The summed E-state index contributed by atoms with van der Waals surface area (Å²) < 4.78 is 11.0. The van der Waals surface area contributed by atoms with E-state index in [-0.39, 0.29) is 37.7 Å². The van der Waals surface area contributed by atoms with Crippen molar-refractivity contribution in [3.8, 4) is 10.4 Å². The van der Waals surface area contributed by atoms with Gasteiger partial charge in [-0.05, 0) is 57.1 Å². The van der Waals surface area contributed by atoms with Gasteiger partial charge in [-0.3, -0.25) is 14.4 Å². The van der Waals surface area contributed by atoms with Crippen LogP contribution in [0, 0.1) is 12.3 Å². The van der Waals surface area contributed by atoms with Gasteiger partial charge in [0.25, 0.3) is 0 Å². The molecule has 0 bridgehead atoms. The van der Waals surface area contributed by atoms with Gasteiger partial charge in [0, 0.05) is 45.6 Å². The SMILES string of the molecule is Cc1ncsc1-c1ccc(CNC(=O)[C@@H]2C[C@@H](O)CN2C(=O)[C@@H](NC(=O)CCCCCN(CCOCCN)C(=O)OC(C)(C)C)C(C)(C)C)cc1. The monoisotopic (exact) mass is 730 g/mol. The van der Waals surface area contributed by atoms with Gasteiger partial charge in [-0.1, -0.05) is 51.5 Å². The molecule has 1 aromatic carbocycles. The molecule has 3 atom stereocenters. The Bertz CT molecular complexity index is 1440. The number of thiazole rings is 1. The molecule has 0 aliphatic carbocycles. The molecule has 2 aromatic rings. The number of hydrogen-bond donors (Lipinski definition) is 4. The number of rotatable bonds is 17. The standard InChI is InChI=1S/C37H58N6O7S/c1-25-31(51-24-40-25)27-14-12-26(13-15-27)22-39-33(46)29-21-28(44)23-43(29)34(47)32(36(2,3)4)41-30(45)11-9-8-10-17-42(18-20-49-19-16-38)35(48)50-37(5,6)7/h12-15,24,28-29,32,44H,8-11,16-23,38H2,1-7H3,(H,39,46)(H,41,45)/t28-,29+,32-/m1/s1. The number of nitrogens with one attached hydrogen (secondary N) is 2. The molecule has 0 spiro atoms. The van der Waals surface area contributed by atoms with Crippen LogP contribution in [0.3, 0.4) is 0 Å². The van der Waals surface area contributed by atoms with E-state index in [9.17, 15) is 24.3 Å². The first kappa shape index (κ1) is 41.8. The van der Waals surface area contributed by atoms with Gasteiger partial charge in [0.05, 0.1) is 35.4 Å². The molecule has 3 rings (SSSR count). The minimum atomic E-state index is -0.899. The zero-order valence-corrected chi connectivity index (χ0v) is 32.1. The second-order valence-electron chi connectivity index (χ2n) is 15.1. The third-order valence-corrected chi connectivity index (χ3v) is 9.44. The molecule has 14 heteroatoms. The Morgan fingerprint density at radius 2 is 1.76 bits per heavy atom. The molecule has 2 heterocycles. The number of β-amino-alcohol motifs (C(OH)–C–C–N with tert-alkyl or cyclic N) is 1. The quantitative estimate of drug-likeness (QED) is 0.175. The van der Waals surface area contributed by atoms with Crippen molar-refractivity contribution in [3.63, 3.8) is 0 Å². The number of amides is 4. The summed E-state index contributed by atoms with van der Waals surface area (Å²) in [6.07, 6.45) is 0.933. The fraction of sp³-hybridized carbons (Fsp3) is 0.649. The Morgan fingerprint density at radius 1 is 1.06 bits per heavy atom. The highest BCUT2D eigenvalue weighted by molar-refractivity contribution is 7.13. The third-order valence-electron chi connectivity index (χ3n) is 8.46. The molecule has 0 saturated carbocycles. The predicted molar refractivity (Wildman–Crippen MR) is 198 cm³/mol. The smallest absolute Gasteiger partial charge is 0.410 e. The maximum absolute atomic E-state index is 13.9. The Kier molecular flexibility index (Phi) is 15.8. The van der Waals surface area contributed by atoms with Crippen molar-refractivity contribution >= 4 is 35.2 Å². The number of ether oxygens (including phenoxy) is 2. The minimum absolute atomic E-state index is 0.00762. The Hall–Kier alpha value is -3.59. The Balaban J connectivity index is 1.53. The average Bonchev–Trinajstić information content (AvgIpc) is 3.67. The van der Waals surface area contributed by atoms with Gasteiger partial charge in [-0.15, -0.1) is 11.3 Å². The summed E-state index contributed by atoms with van der Waals surface area (Å²) in [6, 6.07) is 6.13. The lowest BCUT2D eigenvalue weighted by Gasteiger charge is -2.35. The predicted octanol–water partition coefficient (Wildman–Crippen LogP) is 4.00. The first-order valence-corrected chi connectivity index (χ1v) is 18.7. The zero-order chi connectivity index (χ0) is 37.8. The van der Waals surface area contributed by atoms with E-state index in [2.05, 4.69) is 15.6 Å². The van der Waals surface area contributed by atoms with Gasteiger partial charge in [-0.25, -0.2) is 9.78 Å². The lowest BCUT2D eigenvalue weighted by Crippen LogP contribution is -2.57. The van der Waals surface area contributed by atoms with E-state index in [0.29, 0.717) is 52.1 Å². The number of aromatic nitrogens is 1. The van der Waals surface area contributed by atoms with E-state index >= 15 is 0 Å². The zero-order valence-electron chi connectivity index (χ0n) is 31.3. The number of carbonyl (C=O) groups excluding carboxylic acids is 4. The van der Waals surface area contributed by atoms with Crippen molar-refractivity contribution in [3.05, 3.63) is 41.0 Å².